The molecule has 1 fully saturated rings. The third kappa shape index (κ3) is 6.28. The average molecular weight is 426 g/mol. The number of rotatable bonds is 8. The number of hydrogen-bond donors (Lipinski definition) is 1. The zero-order valence-corrected chi connectivity index (χ0v) is 17.8. The first kappa shape index (κ1) is 22.9. The monoisotopic (exact) mass is 425 g/mol. The lowest BCUT2D eigenvalue weighted by molar-refractivity contribution is -0.141. The normalized spacial score (nSPS) is 14.2. The van der Waals surface area contributed by atoms with Crippen LogP contribution in [0.25, 0.3) is 0 Å². The van der Waals surface area contributed by atoms with E-state index in [9.17, 15) is 19.2 Å². The van der Waals surface area contributed by atoms with Crippen LogP contribution in [-0.2, 0) is 23.8 Å². The highest BCUT2D eigenvalue weighted by Gasteiger charge is 2.29. The van der Waals surface area contributed by atoms with E-state index in [2.05, 4.69) is 10.1 Å². The van der Waals surface area contributed by atoms with Gasteiger partial charge in [-0.1, -0.05) is 6.42 Å². The second-order valence-electron chi connectivity index (χ2n) is 6.77. The standard InChI is InChI=1S/C20H27NO7S/c1-4-27-19(24)16-12(2)17(20(25)28-13-8-6-5-7-9-13)29-18(16)21-14(22)10-11-15(23)26-3/h13H,4-11H2,1-3H3,(H,21,22). The number of carbonyl (C=O) groups is 4. The Balaban J connectivity index is 2.20. The summed E-state index contributed by atoms with van der Waals surface area (Å²) in [6.07, 6.45) is 4.54. The molecule has 1 aliphatic rings. The number of thiophene rings is 1. The van der Waals surface area contributed by atoms with E-state index >= 15 is 0 Å². The summed E-state index contributed by atoms with van der Waals surface area (Å²) >= 11 is 0.982. The number of hydrogen-bond acceptors (Lipinski definition) is 8. The Kier molecular flexibility index (Phi) is 8.63. The molecule has 0 atom stereocenters. The number of amides is 1. The first-order chi connectivity index (χ1) is 13.9. The highest BCUT2D eigenvalue weighted by Crippen LogP contribution is 2.35. The van der Waals surface area contributed by atoms with Gasteiger partial charge in [0.05, 0.1) is 25.7 Å². The lowest BCUT2D eigenvalue weighted by Gasteiger charge is -2.21. The van der Waals surface area contributed by atoms with E-state index in [0.717, 1.165) is 43.4 Å². The van der Waals surface area contributed by atoms with Crippen molar-refractivity contribution < 1.29 is 33.4 Å². The molecular formula is C20H27NO7S. The molecule has 0 unspecified atom stereocenters. The second-order valence-corrected chi connectivity index (χ2v) is 7.79. The Morgan fingerprint density at radius 1 is 1.07 bits per heavy atom. The molecule has 1 N–H and O–H groups in total. The minimum absolute atomic E-state index is 0.0853. The molecule has 160 valence electrons. The zero-order valence-electron chi connectivity index (χ0n) is 17.0. The van der Waals surface area contributed by atoms with E-state index in [0.29, 0.717) is 5.56 Å². The van der Waals surface area contributed by atoms with Crippen LogP contribution < -0.4 is 5.32 Å². The van der Waals surface area contributed by atoms with Crippen molar-refractivity contribution in [3.05, 3.63) is 16.0 Å². The third-order valence-corrected chi connectivity index (χ3v) is 5.86. The molecule has 0 aliphatic heterocycles. The van der Waals surface area contributed by atoms with E-state index in [-0.39, 0.29) is 41.0 Å². The largest absolute Gasteiger partial charge is 0.469 e. The number of nitrogens with one attached hydrogen (secondary N) is 1. The SMILES string of the molecule is CCOC(=O)c1c(NC(=O)CCC(=O)OC)sc(C(=O)OC2CCCCC2)c1C. The highest BCUT2D eigenvalue weighted by atomic mass is 32.1. The van der Waals surface area contributed by atoms with Crippen molar-refractivity contribution >= 4 is 40.2 Å². The minimum atomic E-state index is -0.624. The van der Waals surface area contributed by atoms with E-state index in [1.54, 1.807) is 13.8 Å². The number of methoxy groups -OCH3 is 1. The van der Waals surface area contributed by atoms with Crippen LogP contribution in [0.3, 0.4) is 0 Å². The molecule has 0 spiro atoms. The Bertz CT molecular complexity index is 765. The molecule has 1 saturated carbocycles. The van der Waals surface area contributed by atoms with Crippen LogP contribution in [0, 0.1) is 6.92 Å². The van der Waals surface area contributed by atoms with Crippen LogP contribution in [0.15, 0.2) is 0 Å². The second kappa shape index (κ2) is 10.9. The van der Waals surface area contributed by atoms with Crippen molar-refractivity contribution in [3.8, 4) is 0 Å². The van der Waals surface area contributed by atoms with Crippen LogP contribution in [-0.4, -0.2) is 43.6 Å². The minimum Gasteiger partial charge on any atom is -0.469 e. The fraction of sp³-hybridized carbons (Fsp3) is 0.600. The molecule has 29 heavy (non-hydrogen) atoms. The van der Waals surface area contributed by atoms with Gasteiger partial charge in [-0.3, -0.25) is 9.59 Å². The average Bonchev–Trinajstić information content (AvgIpc) is 3.03. The summed E-state index contributed by atoms with van der Waals surface area (Å²) in [7, 11) is 1.24. The Hall–Kier alpha value is -2.42. The molecule has 0 saturated heterocycles. The lowest BCUT2D eigenvalue weighted by Crippen LogP contribution is -2.21. The van der Waals surface area contributed by atoms with Crippen LogP contribution >= 0.6 is 11.3 Å². The third-order valence-electron chi connectivity index (χ3n) is 4.67. The maximum absolute atomic E-state index is 12.7. The highest BCUT2D eigenvalue weighted by molar-refractivity contribution is 7.18. The molecule has 1 aromatic rings. The van der Waals surface area contributed by atoms with Crippen LogP contribution in [0.5, 0.6) is 0 Å². The number of ether oxygens (including phenoxy) is 3. The smallest absolute Gasteiger partial charge is 0.348 e. The van der Waals surface area contributed by atoms with Crippen molar-refractivity contribution in [2.45, 2.75) is 64.9 Å². The molecule has 8 nitrogen and oxygen atoms in total. The van der Waals surface area contributed by atoms with Gasteiger partial charge in [-0.05, 0) is 45.1 Å². The lowest BCUT2D eigenvalue weighted by atomic mass is 9.98. The van der Waals surface area contributed by atoms with Gasteiger partial charge in [0, 0.05) is 6.42 Å². The summed E-state index contributed by atoms with van der Waals surface area (Å²) in [5.41, 5.74) is 0.552. The maximum atomic E-state index is 12.7. The van der Waals surface area contributed by atoms with Crippen molar-refractivity contribution in [1.29, 1.82) is 0 Å². The van der Waals surface area contributed by atoms with Gasteiger partial charge in [-0.25, -0.2) is 9.59 Å². The predicted molar refractivity (Wildman–Crippen MR) is 107 cm³/mol. The van der Waals surface area contributed by atoms with Crippen molar-refractivity contribution in [2.75, 3.05) is 19.0 Å². The summed E-state index contributed by atoms with van der Waals surface area (Å²) in [6, 6.07) is 0. The molecular weight excluding hydrogens is 398 g/mol. The summed E-state index contributed by atoms with van der Waals surface area (Å²) < 4.78 is 15.2. The van der Waals surface area contributed by atoms with Gasteiger partial charge in [-0.15, -0.1) is 11.3 Å². The van der Waals surface area contributed by atoms with Crippen LogP contribution in [0.2, 0.25) is 0 Å². The number of anilines is 1. The van der Waals surface area contributed by atoms with Crippen molar-refractivity contribution in [1.82, 2.24) is 0 Å². The summed E-state index contributed by atoms with van der Waals surface area (Å²) in [6.45, 7) is 3.46. The molecule has 1 aromatic heterocycles. The van der Waals surface area contributed by atoms with Gasteiger partial charge in [0.2, 0.25) is 5.91 Å². The van der Waals surface area contributed by atoms with Crippen molar-refractivity contribution in [2.24, 2.45) is 0 Å². The van der Waals surface area contributed by atoms with E-state index in [4.69, 9.17) is 9.47 Å². The topological polar surface area (TPSA) is 108 Å². The van der Waals surface area contributed by atoms with E-state index < -0.39 is 23.8 Å². The molecule has 1 amide bonds. The molecule has 2 rings (SSSR count). The van der Waals surface area contributed by atoms with Crippen LogP contribution in [0.1, 0.15) is 77.5 Å². The predicted octanol–water partition coefficient (Wildman–Crippen LogP) is 3.61. The molecule has 9 heteroatoms. The van der Waals surface area contributed by atoms with E-state index in [1.165, 1.54) is 7.11 Å². The van der Waals surface area contributed by atoms with Gasteiger partial charge in [0.15, 0.2) is 0 Å². The summed E-state index contributed by atoms with van der Waals surface area (Å²) in [4.78, 5) is 48.8. The van der Waals surface area contributed by atoms with Gasteiger partial charge in [0.25, 0.3) is 0 Å². The molecule has 0 bridgehead atoms. The molecule has 0 aromatic carbocycles. The first-order valence-corrected chi connectivity index (χ1v) is 10.6. The van der Waals surface area contributed by atoms with Crippen LogP contribution in [0.4, 0.5) is 5.00 Å². The fourth-order valence-corrected chi connectivity index (χ4v) is 4.23. The van der Waals surface area contributed by atoms with Gasteiger partial charge < -0.3 is 19.5 Å². The quantitative estimate of drug-likeness (QED) is 0.501. The molecule has 0 radical (unpaired) electrons. The summed E-state index contributed by atoms with van der Waals surface area (Å²) in [5, 5.41) is 2.83. The van der Waals surface area contributed by atoms with Gasteiger partial charge >= 0.3 is 17.9 Å². The Morgan fingerprint density at radius 2 is 1.76 bits per heavy atom. The zero-order chi connectivity index (χ0) is 21.4. The van der Waals surface area contributed by atoms with Crippen molar-refractivity contribution in [3.63, 3.8) is 0 Å². The Morgan fingerprint density at radius 3 is 2.38 bits per heavy atom. The number of carbonyl (C=O) groups excluding carboxylic acids is 4. The maximum Gasteiger partial charge on any atom is 0.348 e. The Labute approximate surface area is 173 Å². The summed E-state index contributed by atoms with van der Waals surface area (Å²) in [5.74, 6) is -2.10. The first-order valence-electron chi connectivity index (χ1n) is 9.75. The van der Waals surface area contributed by atoms with E-state index in [1.807, 2.05) is 0 Å². The molecule has 1 heterocycles. The van der Waals surface area contributed by atoms with Gasteiger partial charge in [0.1, 0.15) is 16.0 Å². The number of esters is 3. The molecule has 1 aliphatic carbocycles. The van der Waals surface area contributed by atoms with Gasteiger partial charge in [-0.2, -0.15) is 0 Å². The fourth-order valence-electron chi connectivity index (χ4n) is 3.14.